The Labute approximate surface area is 36.6 Å². The Balaban J connectivity index is 2.21. The Kier molecular flexibility index (Phi) is 0.580. The molecule has 1 nitrogen and oxygen atoms in total. The van der Waals surface area contributed by atoms with Gasteiger partial charge >= 0.3 is 0 Å². The van der Waals surface area contributed by atoms with Gasteiger partial charge in [0.25, 0.3) is 0 Å². The molecule has 0 atom stereocenters. The molecule has 0 aliphatic carbocycles. The summed E-state index contributed by atoms with van der Waals surface area (Å²) in [5.41, 5.74) is 1.69. The highest BCUT2D eigenvalue weighted by Gasteiger charge is 2.09. The van der Waals surface area contributed by atoms with Crippen LogP contribution in [0.4, 0.5) is 0 Å². The average molecular weight is 87.1 g/mol. The Hall–Kier alpha value is -0.110. The highest BCUT2D eigenvalue weighted by Crippen LogP contribution is 1.95. The molecule has 1 heterocycles. The second kappa shape index (κ2) is 0.937. The van der Waals surface area contributed by atoms with Gasteiger partial charge in [-0.05, 0) is 0 Å². The summed E-state index contributed by atoms with van der Waals surface area (Å²) in [6.07, 6.45) is 0. The lowest BCUT2D eigenvalue weighted by atomic mass is 11.0. The Morgan fingerprint density at radius 3 is 2.20 bits per heavy atom. The second-order valence-corrected chi connectivity index (χ2v) is 1.35. The molecule has 0 spiro atoms. The molecular formula is C3H5NS. The van der Waals surface area contributed by atoms with Gasteiger partial charge in [0.2, 0.25) is 0 Å². The van der Waals surface area contributed by atoms with E-state index >= 15 is 0 Å². The van der Waals surface area contributed by atoms with E-state index in [9.17, 15) is 0 Å². The van der Waals surface area contributed by atoms with E-state index in [0.717, 1.165) is 0 Å². The third-order valence-corrected chi connectivity index (χ3v) is 0.929. The molecule has 0 aromatic heterocycles. The maximum absolute atomic E-state index is 4.54. The van der Waals surface area contributed by atoms with Crippen molar-refractivity contribution in [2.75, 3.05) is 13.1 Å². The molecule has 5 heavy (non-hydrogen) atoms. The number of thiocarbonyl (C=S) groups is 1. The lowest BCUT2D eigenvalue weighted by Gasteiger charge is -1.75. The van der Waals surface area contributed by atoms with E-state index in [1.807, 2.05) is 0 Å². The van der Waals surface area contributed by atoms with Gasteiger partial charge in [-0.15, -0.1) is 0 Å². The molecule has 1 fully saturated rings. The molecule has 0 radical (unpaired) electrons. The molecule has 1 saturated heterocycles. The molecular weight excluding hydrogens is 82.1 g/mol. The second-order valence-electron chi connectivity index (χ2n) is 1.14. The van der Waals surface area contributed by atoms with Crippen LogP contribution >= 0.6 is 12.2 Å². The van der Waals surface area contributed by atoms with Crippen molar-refractivity contribution in [3.63, 3.8) is 0 Å². The lowest BCUT2D eigenvalue weighted by molar-refractivity contribution is 0.893. The van der Waals surface area contributed by atoms with Crippen LogP contribution in [0.2, 0.25) is 0 Å². The first-order chi connectivity index (χ1) is 2.43. The van der Waals surface area contributed by atoms with Crippen molar-refractivity contribution < 1.29 is 0 Å². The fourth-order valence-electron chi connectivity index (χ4n) is 0.163. The number of nitrogens with zero attached hydrogens (tertiary/aromatic N) is 1. The van der Waals surface area contributed by atoms with E-state index in [-0.39, 0.29) is 0 Å². The van der Waals surface area contributed by atoms with Crippen LogP contribution < -0.4 is 0 Å². The van der Waals surface area contributed by atoms with Gasteiger partial charge in [0.1, 0.15) is 0 Å². The van der Waals surface area contributed by atoms with Crippen molar-refractivity contribution >= 4 is 17.7 Å². The quantitative estimate of drug-likeness (QED) is 0.333. The first kappa shape index (κ1) is 3.09. The van der Waals surface area contributed by atoms with Gasteiger partial charge in [0.15, 0.2) is 0 Å². The van der Waals surface area contributed by atoms with Crippen LogP contribution in [0.3, 0.4) is 0 Å². The minimum absolute atomic E-state index is 1.18. The first-order valence-corrected chi connectivity index (χ1v) is 2.10. The SMILES string of the molecule is S=CN1CC1. The average Bonchev–Trinajstić information content (AvgIpc) is 2.12. The first-order valence-electron chi connectivity index (χ1n) is 1.63. The van der Waals surface area contributed by atoms with Crippen molar-refractivity contribution in [3.05, 3.63) is 0 Å². The third kappa shape index (κ3) is 0.581. The van der Waals surface area contributed by atoms with Crippen LogP contribution in [-0.2, 0) is 0 Å². The maximum Gasteiger partial charge on any atom is 0.0642 e. The van der Waals surface area contributed by atoms with E-state index in [4.69, 9.17) is 0 Å². The van der Waals surface area contributed by atoms with Gasteiger partial charge < -0.3 is 4.90 Å². The van der Waals surface area contributed by atoms with Gasteiger partial charge in [0, 0.05) is 13.1 Å². The molecule has 0 N–H and O–H groups in total. The Bertz CT molecular complexity index is 48.9. The van der Waals surface area contributed by atoms with E-state index < -0.39 is 0 Å². The summed E-state index contributed by atoms with van der Waals surface area (Å²) in [6, 6.07) is 0. The molecule has 0 saturated carbocycles. The van der Waals surface area contributed by atoms with Crippen molar-refractivity contribution in [2.45, 2.75) is 0 Å². The zero-order valence-electron chi connectivity index (χ0n) is 2.85. The van der Waals surface area contributed by atoms with Crippen LogP contribution in [0, 0.1) is 0 Å². The zero-order chi connectivity index (χ0) is 3.70. The summed E-state index contributed by atoms with van der Waals surface area (Å²) < 4.78 is 0. The fraction of sp³-hybridized carbons (Fsp3) is 0.667. The van der Waals surface area contributed by atoms with Gasteiger partial charge in [-0.2, -0.15) is 0 Å². The van der Waals surface area contributed by atoms with Gasteiger partial charge in [-0.25, -0.2) is 0 Å². The smallest absolute Gasteiger partial charge is 0.0642 e. The van der Waals surface area contributed by atoms with Gasteiger partial charge in [-0.3, -0.25) is 0 Å². The predicted molar refractivity (Wildman–Crippen MR) is 25.2 cm³/mol. The summed E-state index contributed by atoms with van der Waals surface area (Å²) in [7, 11) is 0. The van der Waals surface area contributed by atoms with Crippen LogP contribution in [0.1, 0.15) is 0 Å². The summed E-state index contributed by atoms with van der Waals surface area (Å²) >= 11 is 4.54. The highest BCUT2D eigenvalue weighted by molar-refractivity contribution is 7.78. The number of hydrogen-bond donors (Lipinski definition) is 0. The van der Waals surface area contributed by atoms with Crippen LogP contribution in [-0.4, -0.2) is 23.5 Å². The predicted octanol–water partition coefficient (Wildman–Crippen LogP) is 0.259. The van der Waals surface area contributed by atoms with Gasteiger partial charge in [0.05, 0.1) is 5.49 Å². The van der Waals surface area contributed by atoms with Crippen LogP contribution in [0.5, 0.6) is 0 Å². The Morgan fingerprint density at radius 1 is 1.60 bits per heavy atom. The minimum atomic E-state index is 1.18. The molecule has 2 heteroatoms. The van der Waals surface area contributed by atoms with Crippen molar-refractivity contribution in [1.29, 1.82) is 0 Å². The highest BCUT2D eigenvalue weighted by atomic mass is 32.1. The van der Waals surface area contributed by atoms with Crippen molar-refractivity contribution in [3.8, 4) is 0 Å². The lowest BCUT2D eigenvalue weighted by Crippen LogP contribution is -1.82. The third-order valence-electron chi connectivity index (χ3n) is 0.631. The summed E-state index contributed by atoms with van der Waals surface area (Å²) in [5.74, 6) is 0. The molecule has 1 aliphatic heterocycles. The monoisotopic (exact) mass is 87.0 g/mol. The number of hydrogen-bond acceptors (Lipinski definition) is 1. The van der Waals surface area contributed by atoms with Crippen LogP contribution in [0.25, 0.3) is 0 Å². The topological polar surface area (TPSA) is 3.01 Å². The van der Waals surface area contributed by atoms with E-state index in [1.165, 1.54) is 13.1 Å². The molecule has 0 aromatic carbocycles. The molecule has 0 bridgehead atoms. The summed E-state index contributed by atoms with van der Waals surface area (Å²) in [6.45, 7) is 2.37. The zero-order valence-corrected chi connectivity index (χ0v) is 3.66. The summed E-state index contributed by atoms with van der Waals surface area (Å²) in [4.78, 5) is 2.06. The summed E-state index contributed by atoms with van der Waals surface area (Å²) in [5, 5.41) is 0. The minimum Gasteiger partial charge on any atom is -0.365 e. The molecule has 1 aliphatic rings. The van der Waals surface area contributed by atoms with Gasteiger partial charge in [-0.1, -0.05) is 12.2 Å². The van der Waals surface area contributed by atoms with Crippen molar-refractivity contribution in [1.82, 2.24) is 4.90 Å². The Morgan fingerprint density at radius 2 is 2.20 bits per heavy atom. The number of rotatable bonds is 1. The maximum atomic E-state index is 4.54. The standard InChI is InChI=1S/C3H5NS/c5-3-4-1-2-4/h3H,1-2H2. The molecule has 1 rings (SSSR count). The fourth-order valence-corrected chi connectivity index (χ4v) is 0.374. The van der Waals surface area contributed by atoms with Crippen LogP contribution in [0.15, 0.2) is 0 Å². The largest absolute Gasteiger partial charge is 0.365 e. The molecule has 0 aromatic rings. The van der Waals surface area contributed by atoms with E-state index in [1.54, 1.807) is 5.49 Å². The van der Waals surface area contributed by atoms with Crippen molar-refractivity contribution in [2.24, 2.45) is 0 Å². The normalized spacial score (nSPS) is 18.8. The molecule has 28 valence electrons. The van der Waals surface area contributed by atoms with E-state index in [0.29, 0.717) is 0 Å². The molecule has 0 unspecified atom stereocenters. The molecule has 0 amide bonds. The van der Waals surface area contributed by atoms with E-state index in [2.05, 4.69) is 17.1 Å².